The first-order chi connectivity index (χ1) is 13.6. The molecule has 1 unspecified atom stereocenters. The van der Waals surface area contributed by atoms with E-state index in [2.05, 4.69) is 5.32 Å². The fraction of sp³-hybridized carbons (Fsp3) is 0.550. The largest absolute Gasteiger partial charge is 0.341 e. The van der Waals surface area contributed by atoms with Crippen LogP contribution in [0.2, 0.25) is 0 Å². The third kappa shape index (κ3) is 4.18. The maximum atomic E-state index is 12.8. The summed E-state index contributed by atoms with van der Waals surface area (Å²) in [6, 6.07) is 7.73. The van der Waals surface area contributed by atoms with E-state index in [4.69, 9.17) is 0 Å². The highest BCUT2D eigenvalue weighted by Gasteiger charge is 2.31. The number of imidazole rings is 1. The van der Waals surface area contributed by atoms with E-state index in [0.29, 0.717) is 26.2 Å². The standard InChI is InChI=1S/C20H27N5O3.ClH/c1-22-16-6-2-3-7-17(16)25(20(22)28)11-8-18(26)23-10-4-5-15(14-23)24-12-9-21-13-19(24)27;/h2-3,6-7,15,21H,4-5,8-14H2,1H3;1H. The van der Waals surface area contributed by atoms with Crippen LogP contribution in [0.3, 0.4) is 0 Å². The first kappa shape index (κ1) is 21.4. The van der Waals surface area contributed by atoms with Gasteiger partial charge in [-0.05, 0) is 25.0 Å². The molecule has 2 saturated heterocycles. The zero-order valence-electron chi connectivity index (χ0n) is 16.7. The number of piperazine rings is 1. The van der Waals surface area contributed by atoms with Gasteiger partial charge in [0.25, 0.3) is 0 Å². The van der Waals surface area contributed by atoms with Crippen molar-refractivity contribution in [3.8, 4) is 0 Å². The third-order valence-electron chi connectivity index (χ3n) is 5.92. The van der Waals surface area contributed by atoms with Gasteiger partial charge in [-0.25, -0.2) is 4.79 Å². The molecule has 0 bridgehead atoms. The van der Waals surface area contributed by atoms with Gasteiger partial charge in [0, 0.05) is 52.2 Å². The lowest BCUT2D eigenvalue weighted by molar-refractivity contribution is -0.140. The number of benzene rings is 1. The van der Waals surface area contributed by atoms with Gasteiger partial charge < -0.3 is 15.1 Å². The van der Waals surface area contributed by atoms with Gasteiger partial charge in [-0.3, -0.25) is 18.7 Å². The Morgan fingerprint density at radius 2 is 1.93 bits per heavy atom. The quantitative estimate of drug-likeness (QED) is 0.783. The molecule has 2 aliphatic heterocycles. The minimum absolute atomic E-state index is 0. The number of amides is 2. The van der Waals surface area contributed by atoms with Crippen molar-refractivity contribution < 1.29 is 9.59 Å². The molecule has 2 aliphatic rings. The Balaban J connectivity index is 0.00000240. The van der Waals surface area contributed by atoms with Crippen molar-refractivity contribution in [1.82, 2.24) is 24.3 Å². The van der Waals surface area contributed by atoms with E-state index in [1.807, 2.05) is 34.1 Å². The van der Waals surface area contributed by atoms with Gasteiger partial charge in [-0.2, -0.15) is 0 Å². The summed E-state index contributed by atoms with van der Waals surface area (Å²) in [4.78, 5) is 41.3. The van der Waals surface area contributed by atoms with Crippen molar-refractivity contribution in [2.24, 2.45) is 7.05 Å². The second-order valence-corrected chi connectivity index (χ2v) is 7.63. The van der Waals surface area contributed by atoms with Crippen LogP contribution in [0.4, 0.5) is 0 Å². The minimum atomic E-state index is -0.100. The van der Waals surface area contributed by atoms with Crippen LogP contribution in [0.1, 0.15) is 19.3 Å². The van der Waals surface area contributed by atoms with Gasteiger partial charge >= 0.3 is 5.69 Å². The Labute approximate surface area is 175 Å². The van der Waals surface area contributed by atoms with E-state index < -0.39 is 0 Å². The number of piperidine rings is 1. The highest BCUT2D eigenvalue weighted by Crippen LogP contribution is 2.18. The topological polar surface area (TPSA) is 79.6 Å². The van der Waals surface area contributed by atoms with E-state index in [1.54, 1.807) is 16.2 Å². The van der Waals surface area contributed by atoms with Gasteiger partial charge in [-0.1, -0.05) is 12.1 Å². The Hall–Kier alpha value is -2.32. The Morgan fingerprint density at radius 1 is 1.17 bits per heavy atom. The smallest absolute Gasteiger partial charge is 0.328 e. The summed E-state index contributed by atoms with van der Waals surface area (Å²) in [6.45, 7) is 3.58. The number of nitrogens with one attached hydrogen (secondary N) is 1. The summed E-state index contributed by atoms with van der Waals surface area (Å²) < 4.78 is 3.29. The molecule has 2 amide bonds. The molecule has 3 heterocycles. The molecule has 1 atom stereocenters. The molecule has 2 aromatic rings. The van der Waals surface area contributed by atoms with Crippen LogP contribution in [0.15, 0.2) is 29.1 Å². The molecule has 0 saturated carbocycles. The van der Waals surface area contributed by atoms with E-state index in [0.717, 1.165) is 37.0 Å². The molecule has 9 heteroatoms. The molecule has 0 spiro atoms. The van der Waals surface area contributed by atoms with Gasteiger partial charge in [0.2, 0.25) is 11.8 Å². The van der Waals surface area contributed by atoms with Crippen LogP contribution in [-0.4, -0.2) is 69.5 Å². The maximum absolute atomic E-state index is 12.8. The van der Waals surface area contributed by atoms with Crippen LogP contribution < -0.4 is 11.0 Å². The summed E-state index contributed by atoms with van der Waals surface area (Å²) >= 11 is 0. The summed E-state index contributed by atoms with van der Waals surface area (Å²) in [5.41, 5.74) is 1.62. The number of hydrogen-bond donors (Lipinski definition) is 1. The lowest BCUT2D eigenvalue weighted by atomic mass is 10.0. The molecule has 2 fully saturated rings. The minimum Gasteiger partial charge on any atom is -0.341 e. The maximum Gasteiger partial charge on any atom is 0.328 e. The van der Waals surface area contributed by atoms with Crippen LogP contribution in [0.25, 0.3) is 11.0 Å². The van der Waals surface area contributed by atoms with Gasteiger partial charge in [0.05, 0.1) is 17.6 Å². The summed E-state index contributed by atoms with van der Waals surface area (Å²) in [5, 5.41) is 3.09. The number of fused-ring (bicyclic) bond motifs is 1. The number of aromatic nitrogens is 2. The molecule has 158 valence electrons. The monoisotopic (exact) mass is 421 g/mol. The zero-order valence-corrected chi connectivity index (χ0v) is 17.5. The Bertz CT molecular complexity index is 953. The van der Waals surface area contributed by atoms with Gasteiger partial charge in [0.15, 0.2) is 0 Å². The van der Waals surface area contributed by atoms with Crippen molar-refractivity contribution in [2.45, 2.75) is 31.8 Å². The molecule has 0 radical (unpaired) electrons. The van der Waals surface area contributed by atoms with Crippen LogP contribution in [0, 0.1) is 0 Å². The molecule has 1 aromatic carbocycles. The third-order valence-corrected chi connectivity index (χ3v) is 5.92. The van der Waals surface area contributed by atoms with Crippen molar-refractivity contribution in [3.63, 3.8) is 0 Å². The Morgan fingerprint density at radius 3 is 2.69 bits per heavy atom. The molecular weight excluding hydrogens is 394 g/mol. The first-order valence-corrected chi connectivity index (χ1v) is 9.98. The number of rotatable bonds is 4. The van der Waals surface area contributed by atoms with Crippen molar-refractivity contribution in [2.75, 3.05) is 32.7 Å². The van der Waals surface area contributed by atoms with E-state index >= 15 is 0 Å². The number of para-hydroxylation sites is 2. The van der Waals surface area contributed by atoms with Crippen LogP contribution in [-0.2, 0) is 23.2 Å². The van der Waals surface area contributed by atoms with Crippen LogP contribution >= 0.6 is 12.4 Å². The summed E-state index contributed by atoms with van der Waals surface area (Å²) in [5.74, 6) is 0.167. The number of likely N-dealkylation sites (tertiary alicyclic amines) is 1. The second kappa shape index (κ2) is 9.00. The predicted molar refractivity (Wildman–Crippen MR) is 113 cm³/mol. The highest BCUT2D eigenvalue weighted by atomic mass is 35.5. The number of carbonyl (C=O) groups excluding carboxylic acids is 2. The number of carbonyl (C=O) groups is 2. The normalized spacial score (nSPS) is 20.0. The number of nitrogens with zero attached hydrogens (tertiary/aromatic N) is 4. The molecule has 29 heavy (non-hydrogen) atoms. The summed E-state index contributed by atoms with van der Waals surface area (Å²) in [6.07, 6.45) is 2.14. The lowest BCUT2D eigenvalue weighted by Crippen LogP contribution is -2.57. The molecule has 8 nitrogen and oxygen atoms in total. The van der Waals surface area contributed by atoms with Crippen LogP contribution in [0.5, 0.6) is 0 Å². The zero-order chi connectivity index (χ0) is 19.7. The highest BCUT2D eigenvalue weighted by molar-refractivity contribution is 5.85. The van der Waals surface area contributed by atoms with Gasteiger partial charge in [-0.15, -0.1) is 12.4 Å². The second-order valence-electron chi connectivity index (χ2n) is 7.63. The van der Waals surface area contributed by atoms with E-state index in [1.165, 1.54) is 0 Å². The number of aryl methyl sites for hydroxylation is 2. The fourth-order valence-corrected chi connectivity index (χ4v) is 4.39. The van der Waals surface area contributed by atoms with Crippen molar-refractivity contribution in [1.29, 1.82) is 0 Å². The molecule has 1 N–H and O–H groups in total. The van der Waals surface area contributed by atoms with E-state index in [9.17, 15) is 14.4 Å². The molecular formula is C20H28ClN5O3. The fourth-order valence-electron chi connectivity index (χ4n) is 4.39. The SMILES string of the molecule is Cl.Cn1c(=O)n(CCC(=O)N2CCCC(N3CCNCC3=O)C2)c2ccccc21. The number of hydrogen-bond acceptors (Lipinski definition) is 4. The summed E-state index contributed by atoms with van der Waals surface area (Å²) in [7, 11) is 1.75. The predicted octanol–water partition coefficient (Wildman–Crippen LogP) is 0.575. The van der Waals surface area contributed by atoms with Crippen molar-refractivity contribution >= 4 is 35.3 Å². The van der Waals surface area contributed by atoms with Gasteiger partial charge in [0.1, 0.15) is 0 Å². The number of halogens is 1. The average molecular weight is 422 g/mol. The van der Waals surface area contributed by atoms with Crippen molar-refractivity contribution in [3.05, 3.63) is 34.7 Å². The molecule has 0 aliphatic carbocycles. The van der Waals surface area contributed by atoms with E-state index in [-0.39, 0.29) is 42.4 Å². The Kier molecular flexibility index (Phi) is 6.64. The lowest BCUT2D eigenvalue weighted by Gasteiger charge is -2.41. The first-order valence-electron chi connectivity index (χ1n) is 9.98. The molecule has 4 rings (SSSR count). The average Bonchev–Trinajstić information content (AvgIpc) is 2.97. The molecule has 1 aromatic heterocycles.